The summed E-state index contributed by atoms with van der Waals surface area (Å²) in [5.74, 6) is 1.36. The van der Waals surface area contributed by atoms with Crippen molar-refractivity contribution in [3.8, 4) is 5.75 Å². The van der Waals surface area contributed by atoms with Crippen molar-refractivity contribution in [2.45, 2.75) is 33.6 Å². The average molecular weight is 249 g/mol. The number of ether oxygens (including phenoxy) is 1. The minimum absolute atomic E-state index is 0.0934. The Labute approximate surface area is 110 Å². The molecule has 1 N–H and O–H groups in total. The molecule has 1 rings (SSSR count). The number of carbonyl (C=O) groups is 1. The zero-order valence-electron chi connectivity index (χ0n) is 11.5. The van der Waals surface area contributed by atoms with Crippen LogP contribution in [0.3, 0.4) is 0 Å². The molecule has 1 amide bonds. The Bertz CT molecular complexity index is 375. The zero-order valence-corrected chi connectivity index (χ0v) is 11.5. The van der Waals surface area contributed by atoms with Crippen LogP contribution >= 0.6 is 0 Å². The van der Waals surface area contributed by atoms with E-state index in [0.717, 1.165) is 12.2 Å². The first-order valence-corrected chi connectivity index (χ1v) is 6.60. The minimum Gasteiger partial charge on any atom is -0.492 e. The molecule has 0 heterocycles. The summed E-state index contributed by atoms with van der Waals surface area (Å²) in [6.07, 6.45) is 1.58. The van der Waals surface area contributed by atoms with Gasteiger partial charge < -0.3 is 10.1 Å². The molecular weight excluding hydrogens is 226 g/mol. The summed E-state index contributed by atoms with van der Waals surface area (Å²) in [4.78, 5) is 11.4. The summed E-state index contributed by atoms with van der Waals surface area (Å²) in [6.45, 7) is 7.25. The molecule has 0 aromatic heterocycles. The highest BCUT2D eigenvalue weighted by atomic mass is 16.5. The lowest BCUT2D eigenvalue weighted by Gasteiger charge is -2.09. The molecule has 0 radical (unpaired) electrons. The van der Waals surface area contributed by atoms with E-state index in [0.29, 0.717) is 25.5 Å². The van der Waals surface area contributed by atoms with Gasteiger partial charge >= 0.3 is 0 Å². The highest BCUT2D eigenvalue weighted by Gasteiger charge is 2.03. The van der Waals surface area contributed by atoms with Crippen molar-refractivity contribution in [2.75, 3.05) is 13.2 Å². The largest absolute Gasteiger partial charge is 0.492 e. The van der Waals surface area contributed by atoms with E-state index < -0.39 is 0 Å². The molecule has 1 aromatic carbocycles. The van der Waals surface area contributed by atoms with Crippen LogP contribution in [0.5, 0.6) is 5.75 Å². The Morgan fingerprint density at radius 3 is 2.83 bits per heavy atom. The number of rotatable bonds is 7. The van der Waals surface area contributed by atoms with Crippen molar-refractivity contribution in [1.82, 2.24) is 5.32 Å². The lowest BCUT2D eigenvalue weighted by molar-refractivity contribution is -0.121. The van der Waals surface area contributed by atoms with E-state index >= 15 is 0 Å². The molecule has 3 heteroatoms. The van der Waals surface area contributed by atoms with E-state index in [4.69, 9.17) is 4.74 Å². The molecule has 0 fully saturated rings. The smallest absolute Gasteiger partial charge is 0.220 e. The summed E-state index contributed by atoms with van der Waals surface area (Å²) in [7, 11) is 0. The predicted octanol–water partition coefficient (Wildman–Crippen LogP) is 2.79. The summed E-state index contributed by atoms with van der Waals surface area (Å²) in [5, 5.41) is 2.85. The Kier molecular flexibility index (Phi) is 6.26. The molecule has 0 saturated heterocycles. The van der Waals surface area contributed by atoms with Gasteiger partial charge in [0.25, 0.3) is 0 Å². The van der Waals surface area contributed by atoms with Crippen molar-refractivity contribution >= 4 is 5.91 Å². The molecule has 0 saturated carbocycles. The maximum absolute atomic E-state index is 11.4. The number of amides is 1. The van der Waals surface area contributed by atoms with Gasteiger partial charge in [0.1, 0.15) is 12.4 Å². The van der Waals surface area contributed by atoms with Crippen molar-refractivity contribution in [1.29, 1.82) is 0 Å². The van der Waals surface area contributed by atoms with Crippen molar-refractivity contribution < 1.29 is 9.53 Å². The molecule has 0 atom stereocenters. The highest BCUT2D eigenvalue weighted by Crippen LogP contribution is 2.13. The van der Waals surface area contributed by atoms with Crippen LogP contribution in [0.4, 0.5) is 0 Å². The molecule has 0 spiro atoms. The summed E-state index contributed by atoms with van der Waals surface area (Å²) >= 11 is 0. The summed E-state index contributed by atoms with van der Waals surface area (Å²) < 4.78 is 5.59. The second kappa shape index (κ2) is 7.75. The number of benzene rings is 1. The fourth-order valence-corrected chi connectivity index (χ4v) is 1.66. The molecule has 18 heavy (non-hydrogen) atoms. The van der Waals surface area contributed by atoms with Gasteiger partial charge in [0.2, 0.25) is 5.91 Å². The van der Waals surface area contributed by atoms with Crippen LogP contribution in [-0.4, -0.2) is 19.1 Å². The Balaban J connectivity index is 2.23. The first kappa shape index (κ1) is 14.6. The van der Waals surface area contributed by atoms with Gasteiger partial charge in [-0.05, 0) is 30.0 Å². The lowest BCUT2D eigenvalue weighted by Crippen LogP contribution is -2.28. The standard InChI is InChI=1S/C15H23NO2/c1-4-13-6-5-7-14(11-13)18-9-8-16-15(17)10-12(2)3/h5-7,11-12H,4,8-10H2,1-3H3,(H,16,17). The Morgan fingerprint density at radius 1 is 1.39 bits per heavy atom. The normalized spacial score (nSPS) is 10.4. The van der Waals surface area contributed by atoms with Crippen LogP contribution in [-0.2, 0) is 11.2 Å². The maximum atomic E-state index is 11.4. The maximum Gasteiger partial charge on any atom is 0.220 e. The topological polar surface area (TPSA) is 38.3 Å². The van der Waals surface area contributed by atoms with Crippen molar-refractivity contribution in [3.63, 3.8) is 0 Å². The number of hydrogen-bond donors (Lipinski definition) is 1. The van der Waals surface area contributed by atoms with Crippen LogP contribution < -0.4 is 10.1 Å². The molecule has 100 valence electrons. The number of aryl methyl sites for hydroxylation is 1. The van der Waals surface area contributed by atoms with Crippen LogP contribution in [0, 0.1) is 5.92 Å². The van der Waals surface area contributed by atoms with Gasteiger partial charge in [-0.25, -0.2) is 0 Å². The van der Waals surface area contributed by atoms with Gasteiger partial charge in [0.15, 0.2) is 0 Å². The van der Waals surface area contributed by atoms with E-state index in [1.165, 1.54) is 5.56 Å². The Hall–Kier alpha value is -1.51. The number of hydrogen-bond acceptors (Lipinski definition) is 2. The predicted molar refractivity (Wildman–Crippen MR) is 73.8 cm³/mol. The fourth-order valence-electron chi connectivity index (χ4n) is 1.66. The van der Waals surface area contributed by atoms with Gasteiger partial charge in [-0.3, -0.25) is 4.79 Å². The average Bonchev–Trinajstić information content (AvgIpc) is 2.34. The third-order valence-electron chi connectivity index (χ3n) is 2.59. The van der Waals surface area contributed by atoms with Crippen LogP contribution in [0.15, 0.2) is 24.3 Å². The monoisotopic (exact) mass is 249 g/mol. The summed E-state index contributed by atoms with van der Waals surface area (Å²) in [6, 6.07) is 8.05. The second-order valence-electron chi connectivity index (χ2n) is 4.80. The van der Waals surface area contributed by atoms with Crippen molar-refractivity contribution in [2.24, 2.45) is 5.92 Å². The first-order valence-electron chi connectivity index (χ1n) is 6.60. The van der Waals surface area contributed by atoms with Crippen LogP contribution in [0.25, 0.3) is 0 Å². The van der Waals surface area contributed by atoms with Gasteiger partial charge in [-0.2, -0.15) is 0 Å². The molecule has 1 aromatic rings. The first-order chi connectivity index (χ1) is 8.61. The van der Waals surface area contributed by atoms with Gasteiger partial charge in [-0.15, -0.1) is 0 Å². The minimum atomic E-state index is 0.0934. The van der Waals surface area contributed by atoms with Gasteiger partial charge in [-0.1, -0.05) is 32.9 Å². The third-order valence-corrected chi connectivity index (χ3v) is 2.59. The number of carbonyl (C=O) groups excluding carboxylic acids is 1. The molecule has 0 aliphatic heterocycles. The zero-order chi connectivity index (χ0) is 13.4. The SMILES string of the molecule is CCc1cccc(OCCNC(=O)CC(C)C)c1. The third kappa shape index (κ3) is 5.71. The van der Waals surface area contributed by atoms with Crippen LogP contribution in [0.1, 0.15) is 32.8 Å². The summed E-state index contributed by atoms with van der Waals surface area (Å²) in [5.41, 5.74) is 1.26. The fraction of sp³-hybridized carbons (Fsp3) is 0.533. The number of nitrogens with one attached hydrogen (secondary N) is 1. The van der Waals surface area contributed by atoms with E-state index in [2.05, 4.69) is 18.3 Å². The highest BCUT2D eigenvalue weighted by molar-refractivity contribution is 5.75. The molecule has 0 aliphatic rings. The lowest BCUT2D eigenvalue weighted by atomic mass is 10.1. The van der Waals surface area contributed by atoms with Gasteiger partial charge in [0, 0.05) is 6.42 Å². The molecule has 0 bridgehead atoms. The van der Waals surface area contributed by atoms with E-state index in [-0.39, 0.29) is 5.91 Å². The molecule has 0 unspecified atom stereocenters. The quantitative estimate of drug-likeness (QED) is 0.755. The second-order valence-corrected chi connectivity index (χ2v) is 4.80. The molecule has 0 aliphatic carbocycles. The van der Waals surface area contributed by atoms with Crippen LogP contribution in [0.2, 0.25) is 0 Å². The Morgan fingerprint density at radius 2 is 2.17 bits per heavy atom. The molecular formula is C15H23NO2. The van der Waals surface area contributed by atoms with E-state index in [1.54, 1.807) is 0 Å². The van der Waals surface area contributed by atoms with Gasteiger partial charge in [0.05, 0.1) is 6.54 Å². The van der Waals surface area contributed by atoms with E-state index in [1.807, 2.05) is 32.0 Å². The van der Waals surface area contributed by atoms with E-state index in [9.17, 15) is 4.79 Å². The molecule has 3 nitrogen and oxygen atoms in total. The van der Waals surface area contributed by atoms with Crippen molar-refractivity contribution in [3.05, 3.63) is 29.8 Å².